The maximum atomic E-state index is 13.4. The van der Waals surface area contributed by atoms with Gasteiger partial charge in [0.2, 0.25) is 0 Å². The number of anilines is 1. The Hall–Kier alpha value is -2.68. The smallest absolute Gasteiger partial charge is 0.273 e. The van der Waals surface area contributed by atoms with E-state index in [4.69, 9.17) is 0 Å². The third kappa shape index (κ3) is 3.23. The van der Waals surface area contributed by atoms with Crippen LogP contribution >= 0.6 is 0 Å². The second-order valence-electron chi connectivity index (χ2n) is 6.92. The molecule has 1 aromatic carbocycles. The molecule has 0 radical (unpaired) electrons. The van der Waals surface area contributed by atoms with Crippen molar-refractivity contribution in [2.75, 3.05) is 16.8 Å². The van der Waals surface area contributed by atoms with Crippen molar-refractivity contribution in [3.8, 4) is 0 Å². The topological polar surface area (TPSA) is 86.0 Å². The zero-order chi connectivity index (χ0) is 19.3. The fraction of sp³-hybridized carbons (Fsp3) is 0.333. The van der Waals surface area contributed by atoms with Gasteiger partial charge < -0.3 is 9.88 Å². The molecule has 1 aliphatic heterocycles. The largest absolute Gasteiger partial charge is 0.340 e. The van der Waals surface area contributed by atoms with Gasteiger partial charge in [0.25, 0.3) is 5.91 Å². The van der Waals surface area contributed by atoms with Crippen LogP contribution in [0.5, 0.6) is 0 Å². The van der Waals surface area contributed by atoms with Crippen molar-refractivity contribution in [1.82, 2.24) is 14.3 Å². The molecular weight excluding hydrogens is 371 g/mol. The summed E-state index contributed by atoms with van der Waals surface area (Å²) >= 11 is 0. The van der Waals surface area contributed by atoms with Crippen molar-refractivity contribution in [2.24, 2.45) is 7.05 Å². The van der Waals surface area contributed by atoms with Crippen LogP contribution in [0.15, 0.2) is 30.3 Å². The van der Waals surface area contributed by atoms with Crippen LogP contribution in [0.2, 0.25) is 0 Å². The number of aryl methyl sites for hydroxylation is 2. The average Bonchev–Trinajstić information content (AvgIpc) is 3.23. The molecule has 1 N–H and O–H groups in total. The minimum atomic E-state index is -3.07. The van der Waals surface area contributed by atoms with Crippen molar-refractivity contribution < 1.29 is 17.6 Å². The first-order valence-corrected chi connectivity index (χ1v) is 10.4. The van der Waals surface area contributed by atoms with Gasteiger partial charge in [-0.15, -0.1) is 0 Å². The fourth-order valence-electron chi connectivity index (χ4n) is 3.58. The van der Waals surface area contributed by atoms with Gasteiger partial charge in [-0.1, -0.05) is 0 Å². The highest BCUT2D eigenvalue weighted by Crippen LogP contribution is 2.28. The molecule has 142 valence electrons. The van der Waals surface area contributed by atoms with Gasteiger partial charge in [-0.05, 0) is 37.6 Å². The van der Waals surface area contributed by atoms with Crippen molar-refractivity contribution in [1.29, 1.82) is 0 Å². The standard InChI is InChI=1S/C18H19FN4O3S/c1-11-7-17(23(21-11)14-5-6-27(25,26)10-14)20-18(24)16-9-12-8-13(19)3-4-15(12)22(16)2/h3-4,7-9,14H,5-6,10H2,1-2H3,(H,20,24). The summed E-state index contributed by atoms with van der Waals surface area (Å²) in [5.74, 6) is -0.133. The van der Waals surface area contributed by atoms with Crippen molar-refractivity contribution in [3.05, 3.63) is 47.5 Å². The molecule has 4 rings (SSSR count). The highest BCUT2D eigenvalue weighted by atomic mass is 32.2. The maximum Gasteiger partial charge on any atom is 0.273 e. The Balaban J connectivity index is 1.65. The quantitative estimate of drug-likeness (QED) is 0.744. The first-order valence-electron chi connectivity index (χ1n) is 8.56. The number of aromatic nitrogens is 3. The summed E-state index contributed by atoms with van der Waals surface area (Å²) in [6.07, 6.45) is 0.472. The number of rotatable bonds is 3. The van der Waals surface area contributed by atoms with E-state index in [1.165, 1.54) is 12.1 Å². The number of sulfone groups is 1. The van der Waals surface area contributed by atoms with E-state index in [0.29, 0.717) is 29.0 Å². The molecule has 3 heterocycles. The third-order valence-corrected chi connectivity index (χ3v) is 6.64. The Bertz CT molecular complexity index is 1160. The molecule has 1 amide bonds. The van der Waals surface area contributed by atoms with Crippen LogP contribution in [0.4, 0.5) is 10.2 Å². The van der Waals surface area contributed by atoms with Crippen LogP contribution in [0.25, 0.3) is 10.9 Å². The molecule has 1 saturated heterocycles. The van der Waals surface area contributed by atoms with Crippen molar-refractivity contribution in [2.45, 2.75) is 19.4 Å². The molecule has 27 heavy (non-hydrogen) atoms. The van der Waals surface area contributed by atoms with Crippen LogP contribution in [0.3, 0.4) is 0 Å². The lowest BCUT2D eigenvalue weighted by Gasteiger charge is -2.14. The molecule has 0 spiro atoms. The monoisotopic (exact) mass is 390 g/mol. The predicted molar refractivity (Wildman–Crippen MR) is 100 cm³/mol. The van der Waals surface area contributed by atoms with Gasteiger partial charge >= 0.3 is 0 Å². The second kappa shape index (κ2) is 6.19. The van der Waals surface area contributed by atoms with Gasteiger partial charge in [-0.25, -0.2) is 17.5 Å². The van der Waals surface area contributed by atoms with Gasteiger partial charge in [-0.3, -0.25) is 4.79 Å². The molecule has 1 fully saturated rings. The Morgan fingerprint density at radius 3 is 2.78 bits per heavy atom. The summed E-state index contributed by atoms with van der Waals surface area (Å²) in [5, 5.41) is 7.82. The van der Waals surface area contributed by atoms with Gasteiger partial charge in [0.1, 0.15) is 17.3 Å². The van der Waals surface area contributed by atoms with Crippen LogP contribution in [-0.2, 0) is 16.9 Å². The number of carbonyl (C=O) groups is 1. The number of fused-ring (bicyclic) bond motifs is 1. The fourth-order valence-corrected chi connectivity index (χ4v) is 5.27. The minimum absolute atomic E-state index is 0.0182. The normalized spacial score (nSPS) is 18.9. The van der Waals surface area contributed by atoms with Crippen molar-refractivity contribution in [3.63, 3.8) is 0 Å². The Morgan fingerprint density at radius 1 is 1.30 bits per heavy atom. The summed E-state index contributed by atoms with van der Waals surface area (Å²) in [6, 6.07) is 7.40. The van der Waals surface area contributed by atoms with E-state index in [1.54, 1.807) is 41.4 Å². The molecule has 7 nitrogen and oxygen atoms in total. The Labute approximate surface area is 155 Å². The van der Waals surface area contributed by atoms with E-state index in [0.717, 1.165) is 5.52 Å². The predicted octanol–water partition coefficient (Wildman–Crippen LogP) is 2.43. The maximum absolute atomic E-state index is 13.4. The lowest BCUT2D eigenvalue weighted by atomic mass is 10.2. The van der Waals surface area contributed by atoms with Gasteiger partial charge in [0.05, 0.1) is 23.2 Å². The SMILES string of the molecule is Cc1cc(NC(=O)c2cc3cc(F)ccc3n2C)n(C2CCS(=O)(=O)C2)n1. The molecule has 0 saturated carbocycles. The number of nitrogens with one attached hydrogen (secondary N) is 1. The molecule has 1 aliphatic rings. The van der Waals surface area contributed by atoms with Gasteiger partial charge in [0.15, 0.2) is 9.84 Å². The molecular formula is C18H19FN4O3S. The molecule has 1 atom stereocenters. The minimum Gasteiger partial charge on any atom is -0.340 e. The van der Waals surface area contributed by atoms with Crippen LogP contribution in [-0.4, -0.2) is 40.2 Å². The highest BCUT2D eigenvalue weighted by Gasteiger charge is 2.31. The number of amides is 1. The van der Waals surface area contributed by atoms with E-state index in [2.05, 4.69) is 10.4 Å². The van der Waals surface area contributed by atoms with E-state index in [9.17, 15) is 17.6 Å². The van der Waals surface area contributed by atoms with E-state index in [1.807, 2.05) is 0 Å². The number of hydrogen-bond acceptors (Lipinski definition) is 4. The number of halogens is 1. The summed E-state index contributed by atoms with van der Waals surface area (Å²) in [5.41, 5.74) is 1.81. The molecule has 0 aliphatic carbocycles. The van der Waals surface area contributed by atoms with Crippen LogP contribution in [0.1, 0.15) is 28.6 Å². The summed E-state index contributed by atoms with van der Waals surface area (Å²) < 4.78 is 40.3. The Morgan fingerprint density at radius 2 is 2.07 bits per heavy atom. The summed E-state index contributed by atoms with van der Waals surface area (Å²) in [4.78, 5) is 12.8. The summed E-state index contributed by atoms with van der Waals surface area (Å²) in [7, 11) is -1.34. The van der Waals surface area contributed by atoms with E-state index >= 15 is 0 Å². The lowest BCUT2D eigenvalue weighted by Crippen LogP contribution is -2.21. The molecule has 3 aromatic rings. The molecule has 1 unspecified atom stereocenters. The highest BCUT2D eigenvalue weighted by molar-refractivity contribution is 7.91. The lowest BCUT2D eigenvalue weighted by molar-refractivity contribution is 0.101. The number of nitrogens with zero attached hydrogens (tertiary/aromatic N) is 3. The average molecular weight is 390 g/mol. The number of benzene rings is 1. The first kappa shape index (κ1) is 17.7. The second-order valence-corrected chi connectivity index (χ2v) is 9.15. The van der Waals surface area contributed by atoms with E-state index < -0.39 is 9.84 Å². The van der Waals surface area contributed by atoms with Crippen molar-refractivity contribution >= 4 is 32.5 Å². The molecule has 0 bridgehead atoms. The number of carbonyl (C=O) groups excluding carboxylic acids is 1. The first-order chi connectivity index (χ1) is 12.7. The zero-order valence-electron chi connectivity index (χ0n) is 14.9. The van der Waals surface area contributed by atoms with Crippen LogP contribution in [0, 0.1) is 12.7 Å². The molecule has 9 heteroatoms. The zero-order valence-corrected chi connectivity index (χ0v) is 15.8. The number of hydrogen-bond donors (Lipinski definition) is 1. The summed E-state index contributed by atoms with van der Waals surface area (Å²) in [6.45, 7) is 1.79. The third-order valence-electron chi connectivity index (χ3n) is 4.89. The Kier molecular flexibility index (Phi) is 4.06. The van der Waals surface area contributed by atoms with Gasteiger partial charge in [0, 0.05) is 24.0 Å². The van der Waals surface area contributed by atoms with Gasteiger partial charge in [-0.2, -0.15) is 5.10 Å². The van der Waals surface area contributed by atoms with Crippen LogP contribution < -0.4 is 5.32 Å². The molecule has 2 aromatic heterocycles. The van der Waals surface area contributed by atoms with E-state index in [-0.39, 0.29) is 29.3 Å².